The second-order valence-electron chi connectivity index (χ2n) is 7.47. The van der Waals surface area contributed by atoms with Gasteiger partial charge in [0, 0.05) is 28.5 Å². The van der Waals surface area contributed by atoms with Crippen LogP contribution in [-0.2, 0) is 5.41 Å². The first-order valence-electron chi connectivity index (χ1n) is 10.2. The summed E-state index contributed by atoms with van der Waals surface area (Å²) in [5.74, 6) is 0. The Bertz CT molecular complexity index is 707. The molecule has 2 aromatic rings. The van der Waals surface area contributed by atoms with Crippen LogP contribution in [0.25, 0.3) is 11.1 Å². The fraction of sp³-hybridized carbons (Fsp3) is 0.478. The fourth-order valence-electron chi connectivity index (χ4n) is 4.22. The second-order valence-corrected chi connectivity index (χ2v) is 8.28. The minimum atomic E-state index is -0.247. The molecule has 0 heterocycles. The maximum Gasteiger partial charge on any atom is 0.0493 e. The van der Waals surface area contributed by atoms with Gasteiger partial charge in [-0.1, -0.05) is 74.2 Å². The summed E-state index contributed by atoms with van der Waals surface area (Å²) in [5, 5.41) is 9.03. The van der Waals surface area contributed by atoms with Gasteiger partial charge in [-0.3, -0.25) is 0 Å². The molecule has 0 atom stereocenters. The second kappa shape index (κ2) is 9.43. The van der Waals surface area contributed by atoms with Crippen LogP contribution in [-0.4, -0.2) is 26.2 Å². The minimum absolute atomic E-state index is 0.247. The number of unbranched alkanes of at least 4 members (excludes halogenated alkanes) is 2. The van der Waals surface area contributed by atoms with E-state index in [0.717, 1.165) is 36.2 Å². The van der Waals surface area contributed by atoms with Gasteiger partial charge in [0.05, 0.1) is 0 Å². The Morgan fingerprint density at radius 1 is 0.741 bits per heavy atom. The molecule has 0 radical (unpaired) electrons. The highest BCUT2D eigenvalue weighted by Crippen LogP contribution is 2.53. The summed E-state index contributed by atoms with van der Waals surface area (Å²) >= 11 is 13.6. The first-order valence-corrected chi connectivity index (χ1v) is 10.9. The summed E-state index contributed by atoms with van der Waals surface area (Å²) < 4.78 is 0. The molecule has 2 nitrogen and oxygen atoms in total. The van der Waals surface area contributed by atoms with E-state index in [1.807, 2.05) is 24.3 Å². The molecule has 1 aliphatic carbocycles. The molecule has 27 heavy (non-hydrogen) atoms. The molecule has 1 aliphatic rings. The molecule has 0 aliphatic heterocycles. The zero-order valence-corrected chi connectivity index (χ0v) is 17.9. The summed E-state index contributed by atoms with van der Waals surface area (Å²) in [6.45, 7) is 8.12. The Morgan fingerprint density at radius 2 is 1.19 bits per heavy atom. The Labute approximate surface area is 173 Å². The lowest BCUT2D eigenvalue weighted by molar-refractivity contribution is 0.433. The highest BCUT2D eigenvalue weighted by atomic mass is 35.5. The van der Waals surface area contributed by atoms with Crippen molar-refractivity contribution in [2.75, 3.05) is 26.2 Å². The van der Waals surface area contributed by atoms with Gasteiger partial charge in [0.1, 0.15) is 0 Å². The molecule has 2 N–H and O–H groups in total. The maximum absolute atomic E-state index is 6.78. The van der Waals surface area contributed by atoms with Crippen LogP contribution in [0.3, 0.4) is 0 Å². The van der Waals surface area contributed by atoms with Crippen molar-refractivity contribution < 1.29 is 0 Å². The molecule has 0 amide bonds. The molecule has 4 heteroatoms. The lowest BCUT2D eigenvalue weighted by Gasteiger charge is -2.34. The number of hydrogen-bond donors (Lipinski definition) is 2. The molecular weight excluding hydrogens is 375 g/mol. The van der Waals surface area contributed by atoms with E-state index in [-0.39, 0.29) is 5.41 Å². The normalized spacial score (nSPS) is 14.2. The third kappa shape index (κ3) is 4.05. The molecule has 3 rings (SSSR count). The number of halogens is 2. The molecule has 0 saturated carbocycles. The predicted octanol–water partition coefficient (Wildman–Crippen LogP) is 6.04. The topological polar surface area (TPSA) is 24.1 Å². The van der Waals surface area contributed by atoms with Crippen LogP contribution < -0.4 is 10.6 Å². The standard InChI is InChI=1S/C23H30Cl2N2/c1-3-5-13-26-15-23(16-27-14-6-4-2)21-17(9-7-11-19(21)24)18-10-8-12-20(25)22(18)23/h7-12,26-27H,3-6,13-16H2,1-2H3. The van der Waals surface area contributed by atoms with Gasteiger partial charge >= 0.3 is 0 Å². The molecule has 0 spiro atoms. The summed E-state index contributed by atoms with van der Waals surface area (Å²) in [5.41, 5.74) is 4.61. The van der Waals surface area contributed by atoms with E-state index in [2.05, 4.69) is 36.6 Å². The van der Waals surface area contributed by atoms with Gasteiger partial charge in [0.15, 0.2) is 0 Å². The van der Waals surface area contributed by atoms with E-state index in [0.29, 0.717) is 0 Å². The quantitative estimate of drug-likeness (QED) is 0.471. The smallest absolute Gasteiger partial charge is 0.0493 e. The van der Waals surface area contributed by atoms with Crippen molar-refractivity contribution in [2.24, 2.45) is 0 Å². The molecular formula is C23H30Cl2N2. The van der Waals surface area contributed by atoms with Crippen molar-refractivity contribution in [3.05, 3.63) is 57.6 Å². The first-order chi connectivity index (χ1) is 13.2. The molecule has 0 unspecified atom stereocenters. The maximum atomic E-state index is 6.78. The predicted molar refractivity (Wildman–Crippen MR) is 118 cm³/mol. The Kier molecular flexibility index (Phi) is 7.22. The van der Waals surface area contributed by atoms with Crippen LogP contribution in [0.15, 0.2) is 36.4 Å². The number of rotatable bonds is 10. The monoisotopic (exact) mass is 404 g/mol. The van der Waals surface area contributed by atoms with E-state index < -0.39 is 0 Å². The van der Waals surface area contributed by atoms with Crippen LogP contribution in [0.4, 0.5) is 0 Å². The number of benzene rings is 2. The van der Waals surface area contributed by atoms with Gasteiger partial charge in [-0.25, -0.2) is 0 Å². The van der Waals surface area contributed by atoms with Crippen LogP contribution >= 0.6 is 23.2 Å². The zero-order valence-electron chi connectivity index (χ0n) is 16.4. The lowest BCUT2D eigenvalue weighted by Crippen LogP contribution is -2.46. The third-order valence-corrected chi connectivity index (χ3v) is 6.17. The summed E-state index contributed by atoms with van der Waals surface area (Å²) in [6.07, 6.45) is 4.71. The van der Waals surface area contributed by atoms with Crippen molar-refractivity contribution in [3.8, 4) is 11.1 Å². The SMILES string of the molecule is CCCCNCC1(CNCCCC)c2c(Cl)cccc2-c2cccc(Cl)c21. The van der Waals surface area contributed by atoms with Gasteiger partial charge in [0.25, 0.3) is 0 Å². The van der Waals surface area contributed by atoms with Gasteiger partial charge in [-0.2, -0.15) is 0 Å². The minimum Gasteiger partial charge on any atom is -0.315 e. The average Bonchev–Trinajstić information content (AvgIpc) is 2.95. The van der Waals surface area contributed by atoms with Crippen molar-refractivity contribution in [1.29, 1.82) is 0 Å². The molecule has 146 valence electrons. The van der Waals surface area contributed by atoms with E-state index in [1.54, 1.807) is 0 Å². The summed E-state index contributed by atoms with van der Waals surface area (Å²) in [7, 11) is 0. The van der Waals surface area contributed by atoms with Gasteiger partial charge in [-0.15, -0.1) is 0 Å². The van der Waals surface area contributed by atoms with Crippen LogP contribution in [0, 0.1) is 0 Å². The van der Waals surface area contributed by atoms with Crippen molar-refractivity contribution in [1.82, 2.24) is 10.6 Å². The highest BCUT2D eigenvalue weighted by Gasteiger charge is 2.45. The molecule has 0 fully saturated rings. The molecule has 2 aromatic carbocycles. The van der Waals surface area contributed by atoms with Crippen molar-refractivity contribution in [2.45, 2.75) is 44.9 Å². The Balaban J connectivity index is 2.06. The largest absolute Gasteiger partial charge is 0.315 e. The van der Waals surface area contributed by atoms with E-state index in [4.69, 9.17) is 23.2 Å². The van der Waals surface area contributed by atoms with Crippen molar-refractivity contribution >= 4 is 23.2 Å². The Hall–Kier alpha value is -1.06. The summed E-state index contributed by atoms with van der Waals surface area (Å²) in [6, 6.07) is 12.4. The van der Waals surface area contributed by atoms with Crippen LogP contribution in [0.2, 0.25) is 10.0 Å². The first kappa shape index (κ1) is 20.7. The van der Waals surface area contributed by atoms with E-state index >= 15 is 0 Å². The van der Waals surface area contributed by atoms with E-state index in [1.165, 1.54) is 47.9 Å². The molecule has 0 saturated heterocycles. The molecule has 0 bridgehead atoms. The van der Waals surface area contributed by atoms with Crippen molar-refractivity contribution in [3.63, 3.8) is 0 Å². The van der Waals surface area contributed by atoms with Crippen LogP contribution in [0.1, 0.15) is 50.7 Å². The lowest BCUT2D eigenvalue weighted by atomic mass is 9.77. The number of fused-ring (bicyclic) bond motifs is 3. The van der Waals surface area contributed by atoms with Gasteiger partial charge in [0.2, 0.25) is 0 Å². The number of hydrogen-bond acceptors (Lipinski definition) is 2. The van der Waals surface area contributed by atoms with Gasteiger partial charge in [-0.05, 0) is 60.3 Å². The molecule has 0 aromatic heterocycles. The fourth-order valence-corrected chi connectivity index (χ4v) is 4.93. The average molecular weight is 405 g/mol. The highest BCUT2D eigenvalue weighted by molar-refractivity contribution is 6.34. The van der Waals surface area contributed by atoms with E-state index in [9.17, 15) is 0 Å². The van der Waals surface area contributed by atoms with Gasteiger partial charge < -0.3 is 10.6 Å². The van der Waals surface area contributed by atoms with Crippen LogP contribution in [0.5, 0.6) is 0 Å². The third-order valence-electron chi connectivity index (χ3n) is 5.54. The number of nitrogens with one attached hydrogen (secondary N) is 2. The zero-order chi connectivity index (χ0) is 19.3. The Morgan fingerprint density at radius 3 is 1.59 bits per heavy atom. The summed E-state index contributed by atoms with van der Waals surface area (Å²) in [4.78, 5) is 0.